The van der Waals surface area contributed by atoms with Crippen LogP contribution in [0.2, 0.25) is 0 Å². The molecule has 4 heterocycles. The quantitative estimate of drug-likeness (QED) is 0.187. The van der Waals surface area contributed by atoms with Gasteiger partial charge < -0.3 is 14.4 Å². The molecule has 2 saturated heterocycles. The van der Waals surface area contributed by atoms with Gasteiger partial charge in [0.05, 0.1) is 26.0 Å². The van der Waals surface area contributed by atoms with Crippen LogP contribution in [-0.2, 0) is 12.7 Å². The molecule has 0 N–H and O–H groups in total. The molecule has 1 amide bonds. The number of hydrogen-bond acceptors (Lipinski definition) is 10. The number of piperazine rings is 2. The van der Waals surface area contributed by atoms with Gasteiger partial charge in [0.1, 0.15) is 17.1 Å². The van der Waals surface area contributed by atoms with Gasteiger partial charge in [-0.3, -0.25) is 19.6 Å². The summed E-state index contributed by atoms with van der Waals surface area (Å²) in [5.74, 6) is -0.865. The summed E-state index contributed by atoms with van der Waals surface area (Å²) in [5, 5.41) is 10.2. The van der Waals surface area contributed by atoms with E-state index in [9.17, 15) is 18.0 Å². The van der Waals surface area contributed by atoms with Crippen LogP contribution in [0.5, 0.6) is 11.5 Å². The van der Waals surface area contributed by atoms with Gasteiger partial charge in [0.15, 0.2) is 5.75 Å². The first-order valence-electron chi connectivity index (χ1n) is 16.5. The Morgan fingerprint density at radius 2 is 1.56 bits per heavy atom. The van der Waals surface area contributed by atoms with E-state index in [1.54, 1.807) is 6.07 Å². The van der Waals surface area contributed by atoms with Gasteiger partial charge in [0.25, 0.3) is 11.7 Å². The zero-order valence-corrected chi connectivity index (χ0v) is 31.7. The van der Waals surface area contributed by atoms with Crippen molar-refractivity contribution in [1.82, 2.24) is 44.9 Å². The van der Waals surface area contributed by atoms with Crippen LogP contribution < -0.4 is 9.47 Å². The minimum Gasteiger partial charge on any atom is -0.496 e. The second kappa shape index (κ2) is 18.2. The van der Waals surface area contributed by atoms with Crippen LogP contribution in [0.15, 0.2) is 91.4 Å². The Morgan fingerprint density at radius 1 is 0.870 bits per heavy atom. The fraction of sp³-hybridized carbons (Fsp3) is 0.333. The fourth-order valence-electron chi connectivity index (χ4n) is 7.43. The Labute approximate surface area is 328 Å². The van der Waals surface area contributed by atoms with Crippen LogP contribution in [0.3, 0.4) is 0 Å². The number of carbonyl (C=O) groups is 1. The number of carbonyl (C=O) groups excluding carboxylic acids is 1. The SMILES string of the molecule is COc1ccc(-n2nnnc2C(F)(F)F)c(OC)c1CN1C[C@@H]2CN(C(=O)c3cnccn3)CCN2[C@H](C(c2ccccc2)c2ccccc2)C1.Cl.Cl.Cl. The second-order valence-corrected chi connectivity index (χ2v) is 12.5. The number of ether oxygens (including phenoxy) is 2. The van der Waals surface area contributed by atoms with Crippen molar-refractivity contribution in [2.24, 2.45) is 0 Å². The van der Waals surface area contributed by atoms with E-state index in [4.69, 9.17) is 9.47 Å². The van der Waals surface area contributed by atoms with Gasteiger partial charge in [-0.1, -0.05) is 60.7 Å². The van der Waals surface area contributed by atoms with E-state index in [0.29, 0.717) is 48.7 Å². The van der Waals surface area contributed by atoms with Crippen LogP contribution in [0.4, 0.5) is 13.2 Å². The highest BCUT2D eigenvalue weighted by atomic mass is 35.5. The number of halogens is 6. The smallest absolute Gasteiger partial charge is 0.453 e. The van der Waals surface area contributed by atoms with Crippen LogP contribution >= 0.6 is 37.2 Å². The highest BCUT2D eigenvalue weighted by Crippen LogP contribution is 2.40. The molecule has 7 rings (SSSR count). The van der Waals surface area contributed by atoms with E-state index in [2.05, 4.69) is 59.6 Å². The number of alkyl halides is 3. The predicted molar refractivity (Wildman–Crippen MR) is 201 cm³/mol. The summed E-state index contributed by atoms with van der Waals surface area (Å²) in [7, 11) is 2.91. The number of benzene rings is 3. The van der Waals surface area contributed by atoms with Gasteiger partial charge in [0, 0.05) is 69.7 Å². The number of amides is 1. The molecule has 2 atom stereocenters. The third-order valence-electron chi connectivity index (χ3n) is 9.59. The molecule has 12 nitrogen and oxygen atoms in total. The third-order valence-corrected chi connectivity index (χ3v) is 9.59. The first kappa shape index (κ1) is 42.2. The number of nitrogens with zero attached hydrogens (tertiary/aromatic N) is 9. The predicted octanol–water partition coefficient (Wildman–Crippen LogP) is 5.60. The molecule has 2 aliphatic rings. The molecular formula is C36H39Cl3F3N9O3. The van der Waals surface area contributed by atoms with E-state index in [-0.39, 0.29) is 84.8 Å². The van der Waals surface area contributed by atoms with Crippen molar-refractivity contribution in [3.05, 3.63) is 120 Å². The number of rotatable bonds is 9. The van der Waals surface area contributed by atoms with Gasteiger partial charge in [-0.2, -0.15) is 17.9 Å². The van der Waals surface area contributed by atoms with Gasteiger partial charge >= 0.3 is 6.18 Å². The lowest BCUT2D eigenvalue weighted by Gasteiger charge is -2.53. The Hall–Kier alpha value is -4.54. The molecule has 2 fully saturated rings. The Kier molecular flexibility index (Phi) is 14.2. The van der Waals surface area contributed by atoms with Crippen molar-refractivity contribution in [1.29, 1.82) is 0 Å². The monoisotopic (exact) mass is 807 g/mol. The molecule has 3 aromatic carbocycles. The highest BCUT2D eigenvalue weighted by Gasteiger charge is 2.44. The largest absolute Gasteiger partial charge is 0.496 e. The van der Waals surface area contributed by atoms with Crippen molar-refractivity contribution in [2.45, 2.75) is 30.7 Å². The van der Waals surface area contributed by atoms with Gasteiger partial charge in [-0.15, -0.1) is 42.3 Å². The molecule has 0 unspecified atom stereocenters. The number of fused-ring (bicyclic) bond motifs is 1. The minimum absolute atomic E-state index is 0. The van der Waals surface area contributed by atoms with E-state index in [0.717, 1.165) is 11.1 Å². The third kappa shape index (κ3) is 8.55. The number of aromatic nitrogens is 6. The van der Waals surface area contributed by atoms with Gasteiger partial charge in [0.2, 0.25) is 0 Å². The fourth-order valence-corrected chi connectivity index (χ4v) is 7.43. The van der Waals surface area contributed by atoms with E-state index < -0.39 is 12.0 Å². The van der Waals surface area contributed by atoms with Gasteiger partial charge in [-0.25, -0.2) is 4.98 Å². The van der Waals surface area contributed by atoms with Crippen molar-refractivity contribution in [2.75, 3.05) is 46.9 Å². The molecular weight excluding hydrogens is 770 g/mol. The minimum atomic E-state index is -4.79. The number of tetrazole rings is 1. The normalized spacial score (nSPS) is 17.4. The van der Waals surface area contributed by atoms with Crippen LogP contribution in [0.25, 0.3) is 5.69 Å². The molecule has 0 aliphatic carbocycles. The molecule has 0 saturated carbocycles. The molecule has 0 radical (unpaired) electrons. The lowest BCUT2D eigenvalue weighted by atomic mass is 9.81. The number of hydrogen-bond donors (Lipinski definition) is 0. The summed E-state index contributed by atoms with van der Waals surface area (Å²) in [6, 6.07) is 23.6. The van der Waals surface area contributed by atoms with Crippen LogP contribution in [-0.4, -0.2) is 110 Å². The van der Waals surface area contributed by atoms with Crippen molar-refractivity contribution >= 4 is 43.1 Å². The lowest BCUT2D eigenvalue weighted by molar-refractivity contribution is -0.146. The van der Waals surface area contributed by atoms with Crippen LogP contribution in [0.1, 0.15) is 38.9 Å². The van der Waals surface area contributed by atoms with Crippen molar-refractivity contribution in [3.8, 4) is 17.2 Å². The highest BCUT2D eigenvalue weighted by molar-refractivity contribution is 5.92. The molecule has 288 valence electrons. The molecule has 54 heavy (non-hydrogen) atoms. The Morgan fingerprint density at radius 3 is 2.15 bits per heavy atom. The molecule has 2 aliphatic heterocycles. The second-order valence-electron chi connectivity index (χ2n) is 12.5. The van der Waals surface area contributed by atoms with Crippen molar-refractivity contribution < 1.29 is 27.4 Å². The maximum absolute atomic E-state index is 13.9. The first-order chi connectivity index (χ1) is 24.8. The lowest BCUT2D eigenvalue weighted by Crippen LogP contribution is -2.67. The summed E-state index contributed by atoms with van der Waals surface area (Å²) < 4.78 is 53.9. The van der Waals surface area contributed by atoms with E-state index >= 15 is 0 Å². The molecule has 5 aromatic rings. The molecule has 18 heteroatoms. The summed E-state index contributed by atoms with van der Waals surface area (Å²) in [6.07, 6.45) is -0.274. The zero-order chi connectivity index (χ0) is 35.5. The van der Waals surface area contributed by atoms with E-state index in [1.807, 2.05) is 41.3 Å². The number of methoxy groups -OCH3 is 2. The summed E-state index contributed by atoms with van der Waals surface area (Å²) in [6.45, 7) is 3.07. The molecule has 2 aromatic heterocycles. The zero-order valence-electron chi connectivity index (χ0n) is 29.2. The summed E-state index contributed by atoms with van der Waals surface area (Å²) in [4.78, 5) is 28.5. The topological polar surface area (TPSA) is 115 Å². The average Bonchev–Trinajstić information content (AvgIpc) is 3.67. The summed E-state index contributed by atoms with van der Waals surface area (Å²) in [5.41, 5.74) is 3.18. The maximum Gasteiger partial charge on any atom is 0.453 e. The summed E-state index contributed by atoms with van der Waals surface area (Å²) >= 11 is 0. The standard InChI is InChI=1S/C36H36F3N9O3.3ClH/c1-50-31-14-13-29(48-35(36(37,38)39)42-43-44-48)33(51-2)27(31)22-45-20-26-21-46(34(49)28-19-40-15-16-41-28)17-18-47(26)30(23-45)32(24-9-5-3-6-10-24)25-11-7-4-8-12-25;;;/h3-16,19,26,30,32H,17-18,20-23H2,1-2H3;3*1H/t26-,30+;;;/m1.../s1. The van der Waals surface area contributed by atoms with Crippen LogP contribution in [0, 0.1) is 0 Å². The van der Waals surface area contributed by atoms with E-state index in [1.165, 1.54) is 38.9 Å². The van der Waals surface area contributed by atoms with Gasteiger partial charge in [-0.05, 0) is 33.7 Å². The molecule has 0 spiro atoms. The Bertz CT molecular complexity index is 1920. The average molecular weight is 809 g/mol. The molecule has 0 bridgehead atoms. The van der Waals surface area contributed by atoms with Crippen molar-refractivity contribution in [3.63, 3.8) is 0 Å². The Balaban J connectivity index is 0.00000217. The maximum atomic E-state index is 13.9. The first-order valence-corrected chi connectivity index (χ1v) is 16.5.